The van der Waals surface area contributed by atoms with Crippen LogP contribution in [-0.4, -0.2) is 31.1 Å². The summed E-state index contributed by atoms with van der Waals surface area (Å²) in [6.07, 6.45) is 5.00. The Morgan fingerprint density at radius 2 is 2.20 bits per heavy atom. The lowest BCUT2D eigenvalue weighted by Crippen LogP contribution is -2.33. The minimum atomic E-state index is 0.318. The molecule has 20 heavy (non-hydrogen) atoms. The van der Waals surface area contributed by atoms with Crippen molar-refractivity contribution in [2.45, 2.75) is 44.7 Å². The van der Waals surface area contributed by atoms with Crippen LogP contribution in [-0.2, 0) is 6.42 Å². The average Bonchev–Trinajstić information content (AvgIpc) is 2.96. The Labute approximate surface area is 122 Å². The van der Waals surface area contributed by atoms with E-state index in [9.17, 15) is 0 Å². The lowest BCUT2D eigenvalue weighted by molar-refractivity contribution is 0.210. The highest BCUT2D eigenvalue weighted by Gasteiger charge is 2.32. The molecule has 3 atom stereocenters. The first-order chi connectivity index (χ1) is 9.69. The van der Waals surface area contributed by atoms with Gasteiger partial charge in [-0.15, -0.1) is 0 Å². The predicted octanol–water partition coefficient (Wildman–Crippen LogP) is 2.74. The Balaban J connectivity index is 1.80. The lowest BCUT2D eigenvalue weighted by Gasteiger charge is -2.33. The molecule has 1 fully saturated rings. The summed E-state index contributed by atoms with van der Waals surface area (Å²) in [6.45, 7) is 4.50. The fourth-order valence-corrected chi connectivity index (χ4v) is 3.80. The van der Waals surface area contributed by atoms with E-state index < -0.39 is 0 Å². The van der Waals surface area contributed by atoms with E-state index in [-0.39, 0.29) is 0 Å². The van der Waals surface area contributed by atoms with Crippen molar-refractivity contribution < 1.29 is 4.74 Å². The molecule has 2 N–H and O–H groups in total. The van der Waals surface area contributed by atoms with E-state index in [4.69, 9.17) is 10.5 Å². The van der Waals surface area contributed by atoms with Crippen LogP contribution in [0.3, 0.4) is 0 Å². The van der Waals surface area contributed by atoms with Gasteiger partial charge in [0.2, 0.25) is 0 Å². The summed E-state index contributed by atoms with van der Waals surface area (Å²) in [4.78, 5) is 2.65. The zero-order chi connectivity index (χ0) is 14.1. The van der Waals surface area contributed by atoms with Gasteiger partial charge in [0.15, 0.2) is 0 Å². The molecule has 0 saturated carbocycles. The average molecular weight is 274 g/mol. The zero-order valence-electron chi connectivity index (χ0n) is 12.6. The maximum Gasteiger partial charge on any atom is 0.119 e. The smallest absolute Gasteiger partial charge is 0.119 e. The molecule has 1 aromatic carbocycles. The van der Waals surface area contributed by atoms with Gasteiger partial charge >= 0.3 is 0 Å². The molecule has 3 heteroatoms. The normalized spacial score (nSPS) is 28.1. The minimum absolute atomic E-state index is 0.318. The molecule has 2 aliphatic rings. The quantitative estimate of drug-likeness (QED) is 0.921. The van der Waals surface area contributed by atoms with Crippen molar-refractivity contribution in [1.29, 1.82) is 0 Å². The molecule has 0 bridgehead atoms. The van der Waals surface area contributed by atoms with Crippen LogP contribution >= 0.6 is 0 Å². The molecule has 0 amide bonds. The summed E-state index contributed by atoms with van der Waals surface area (Å²) in [5.74, 6) is 1.65. The van der Waals surface area contributed by atoms with E-state index in [0.29, 0.717) is 18.0 Å². The third-order valence-electron chi connectivity index (χ3n) is 5.07. The summed E-state index contributed by atoms with van der Waals surface area (Å²) in [7, 11) is 1.75. The standard InChI is InChI=1S/C17H26N2O/c1-12(18)14-8-9-19(11-14)17-5-3-4-13-10-15(20-2)6-7-16(13)17/h6-7,10,12,14,17H,3-5,8-9,11,18H2,1-2H3. The fraction of sp³-hybridized carbons (Fsp3) is 0.647. The van der Waals surface area contributed by atoms with E-state index in [2.05, 4.69) is 30.0 Å². The molecule has 0 radical (unpaired) electrons. The summed E-state index contributed by atoms with van der Waals surface area (Å²) >= 11 is 0. The fourth-order valence-electron chi connectivity index (χ4n) is 3.80. The van der Waals surface area contributed by atoms with Crippen molar-refractivity contribution >= 4 is 0 Å². The number of nitrogens with zero attached hydrogens (tertiary/aromatic N) is 1. The van der Waals surface area contributed by atoms with Crippen LogP contribution in [0.15, 0.2) is 18.2 Å². The molecular formula is C17H26N2O. The van der Waals surface area contributed by atoms with Crippen molar-refractivity contribution in [3.63, 3.8) is 0 Å². The molecule has 0 aromatic heterocycles. The SMILES string of the molecule is COc1ccc2c(c1)CCCC2N1CCC(C(C)N)C1. The maximum absolute atomic E-state index is 6.08. The minimum Gasteiger partial charge on any atom is -0.497 e. The van der Waals surface area contributed by atoms with Gasteiger partial charge in [-0.25, -0.2) is 0 Å². The van der Waals surface area contributed by atoms with Gasteiger partial charge in [-0.1, -0.05) is 6.07 Å². The van der Waals surface area contributed by atoms with Crippen molar-refractivity contribution in [2.24, 2.45) is 11.7 Å². The molecule has 110 valence electrons. The molecule has 3 unspecified atom stereocenters. The molecule has 3 nitrogen and oxygen atoms in total. The van der Waals surface area contributed by atoms with Gasteiger partial charge < -0.3 is 10.5 Å². The first-order valence-electron chi connectivity index (χ1n) is 7.85. The number of rotatable bonds is 3. The molecule has 1 aromatic rings. The molecule has 1 aliphatic heterocycles. The second kappa shape index (κ2) is 5.74. The van der Waals surface area contributed by atoms with Gasteiger partial charge in [0.25, 0.3) is 0 Å². The summed E-state index contributed by atoms with van der Waals surface area (Å²) in [6, 6.07) is 7.51. The van der Waals surface area contributed by atoms with Crippen molar-refractivity contribution in [3.05, 3.63) is 29.3 Å². The number of nitrogens with two attached hydrogens (primary N) is 1. The second-order valence-electron chi connectivity index (χ2n) is 6.38. The first-order valence-corrected chi connectivity index (χ1v) is 7.85. The molecule has 3 rings (SSSR count). The Hall–Kier alpha value is -1.06. The Bertz CT molecular complexity index is 472. The first kappa shape index (κ1) is 13.9. The van der Waals surface area contributed by atoms with Crippen LogP contribution in [0.4, 0.5) is 0 Å². The van der Waals surface area contributed by atoms with E-state index in [0.717, 1.165) is 12.3 Å². The lowest BCUT2D eigenvalue weighted by atomic mass is 9.86. The van der Waals surface area contributed by atoms with Crippen LogP contribution in [0, 0.1) is 5.92 Å². The molecular weight excluding hydrogens is 248 g/mol. The van der Waals surface area contributed by atoms with Crippen LogP contribution in [0.5, 0.6) is 5.75 Å². The van der Waals surface area contributed by atoms with Crippen LogP contribution in [0.25, 0.3) is 0 Å². The van der Waals surface area contributed by atoms with Gasteiger partial charge in [-0.3, -0.25) is 4.90 Å². The summed E-state index contributed by atoms with van der Waals surface area (Å²) in [5, 5.41) is 0. The highest BCUT2D eigenvalue weighted by Crippen LogP contribution is 2.38. The number of hydrogen-bond acceptors (Lipinski definition) is 3. The zero-order valence-corrected chi connectivity index (χ0v) is 12.6. The van der Waals surface area contributed by atoms with Crippen molar-refractivity contribution in [2.75, 3.05) is 20.2 Å². The van der Waals surface area contributed by atoms with Gasteiger partial charge in [0, 0.05) is 18.6 Å². The number of benzene rings is 1. The number of hydrogen-bond donors (Lipinski definition) is 1. The van der Waals surface area contributed by atoms with Crippen LogP contribution < -0.4 is 10.5 Å². The Kier molecular flexibility index (Phi) is 3.99. The van der Waals surface area contributed by atoms with Crippen LogP contribution in [0.2, 0.25) is 0 Å². The monoisotopic (exact) mass is 274 g/mol. The van der Waals surface area contributed by atoms with Gasteiger partial charge in [0.1, 0.15) is 5.75 Å². The number of aryl methyl sites for hydroxylation is 1. The van der Waals surface area contributed by atoms with E-state index in [1.807, 2.05) is 0 Å². The van der Waals surface area contributed by atoms with Crippen molar-refractivity contribution in [3.8, 4) is 5.75 Å². The van der Waals surface area contributed by atoms with Gasteiger partial charge in [0.05, 0.1) is 7.11 Å². The van der Waals surface area contributed by atoms with E-state index in [1.165, 1.54) is 43.4 Å². The topological polar surface area (TPSA) is 38.5 Å². The molecule has 0 spiro atoms. The van der Waals surface area contributed by atoms with E-state index >= 15 is 0 Å². The molecule has 1 saturated heterocycles. The number of fused-ring (bicyclic) bond motifs is 1. The number of ether oxygens (including phenoxy) is 1. The third-order valence-corrected chi connectivity index (χ3v) is 5.07. The second-order valence-corrected chi connectivity index (χ2v) is 6.38. The van der Waals surface area contributed by atoms with Gasteiger partial charge in [-0.2, -0.15) is 0 Å². The highest BCUT2D eigenvalue weighted by molar-refractivity contribution is 5.39. The Morgan fingerprint density at radius 3 is 2.90 bits per heavy atom. The summed E-state index contributed by atoms with van der Waals surface area (Å²) < 4.78 is 5.36. The number of likely N-dealkylation sites (tertiary alicyclic amines) is 1. The third kappa shape index (κ3) is 2.57. The largest absolute Gasteiger partial charge is 0.497 e. The van der Waals surface area contributed by atoms with Crippen LogP contribution in [0.1, 0.15) is 43.4 Å². The summed E-state index contributed by atoms with van der Waals surface area (Å²) in [5.41, 5.74) is 9.07. The van der Waals surface area contributed by atoms with Gasteiger partial charge in [-0.05, 0) is 68.3 Å². The highest BCUT2D eigenvalue weighted by atomic mass is 16.5. The number of methoxy groups -OCH3 is 1. The Morgan fingerprint density at radius 1 is 1.35 bits per heavy atom. The van der Waals surface area contributed by atoms with Crippen molar-refractivity contribution in [1.82, 2.24) is 4.90 Å². The molecule has 1 heterocycles. The predicted molar refractivity (Wildman–Crippen MR) is 82.0 cm³/mol. The molecule has 1 aliphatic carbocycles. The maximum atomic E-state index is 6.08. The van der Waals surface area contributed by atoms with E-state index in [1.54, 1.807) is 7.11 Å².